The van der Waals surface area contributed by atoms with Crippen LogP contribution in [-0.4, -0.2) is 34.3 Å². The molecule has 2 heterocycles. The van der Waals surface area contributed by atoms with E-state index in [2.05, 4.69) is 15.6 Å². The van der Waals surface area contributed by atoms with Crippen molar-refractivity contribution < 1.29 is 19.4 Å². The standard InChI is InChI=1S/C30H27N5O4/c31-24(21-6-5-15-32-17-21)16-25(23-7-1-3-9-27(23)36)34-30(38)33-22-13-11-20(12-14-22)18-35-26-8-2-4-10-28(26)39-19-29(35)37/h1-15,17,25,31,36H,16,18-19H2,(H2,33,34,38). The smallest absolute Gasteiger partial charge is 0.319 e. The fraction of sp³-hybridized carbons (Fsp3) is 0.133. The molecule has 5 rings (SSSR count). The van der Waals surface area contributed by atoms with Crippen LogP contribution in [0.5, 0.6) is 11.5 Å². The highest BCUT2D eigenvalue weighted by Gasteiger charge is 2.25. The van der Waals surface area contributed by atoms with Gasteiger partial charge in [0.05, 0.1) is 18.3 Å². The quantitative estimate of drug-likeness (QED) is 0.242. The highest BCUT2D eigenvalue weighted by atomic mass is 16.5. The number of nitrogens with zero attached hydrogens (tertiary/aromatic N) is 2. The van der Waals surface area contributed by atoms with Gasteiger partial charge in [-0.15, -0.1) is 0 Å². The molecule has 0 bridgehead atoms. The lowest BCUT2D eigenvalue weighted by Crippen LogP contribution is -2.38. The third-order valence-electron chi connectivity index (χ3n) is 6.40. The molecule has 0 spiro atoms. The number of aromatic hydroxyl groups is 1. The second-order valence-electron chi connectivity index (χ2n) is 9.07. The first kappa shape index (κ1) is 25.5. The van der Waals surface area contributed by atoms with Crippen molar-refractivity contribution in [2.45, 2.75) is 19.0 Å². The molecule has 9 heteroatoms. The van der Waals surface area contributed by atoms with E-state index in [0.717, 1.165) is 11.3 Å². The zero-order valence-electron chi connectivity index (χ0n) is 21.0. The molecule has 0 aliphatic carbocycles. The summed E-state index contributed by atoms with van der Waals surface area (Å²) in [5.74, 6) is 0.579. The number of phenols is 1. The summed E-state index contributed by atoms with van der Waals surface area (Å²) in [6.45, 7) is 0.366. The van der Waals surface area contributed by atoms with Crippen molar-refractivity contribution in [3.63, 3.8) is 0 Å². The van der Waals surface area contributed by atoms with E-state index in [1.807, 2.05) is 36.4 Å². The van der Waals surface area contributed by atoms with Gasteiger partial charge in [0, 0.05) is 41.3 Å². The molecule has 1 unspecified atom stereocenters. The van der Waals surface area contributed by atoms with Crippen LogP contribution in [-0.2, 0) is 11.3 Å². The maximum Gasteiger partial charge on any atom is 0.319 e. The molecule has 0 saturated heterocycles. The zero-order chi connectivity index (χ0) is 27.2. The van der Waals surface area contributed by atoms with E-state index < -0.39 is 12.1 Å². The van der Waals surface area contributed by atoms with Crippen molar-refractivity contribution in [3.05, 3.63) is 114 Å². The van der Waals surface area contributed by atoms with Crippen LogP contribution in [0.4, 0.5) is 16.2 Å². The maximum absolute atomic E-state index is 13.0. The Morgan fingerprint density at radius 3 is 2.56 bits per heavy atom. The van der Waals surface area contributed by atoms with E-state index >= 15 is 0 Å². The first-order chi connectivity index (χ1) is 19.0. The molecule has 0 fully saturated rings. The SMILES string of the molecule is N=C(CC(NC(=O)Nc1ccc(CN2C(=O)COc3ccccc32)cc1)c1ccccc1O)c1cccnc1. The molecule has 0 radical (unpaired) electrons. The van der Waals surface area contributed by atoms with Gasteiger partial charge in [-0.2, -0.15) is 0 Å². The van der Waals surface area contributed by atoms with Gasteiger partial charge in [-0.25, -0.2) is 4.79 Å². The molecule has 196 valence electrons. The lowest BCUT2D eigenvalue weighted by molar-refractivity contribution is -0.121. The van der Waals surface area contributed by atoms with E-state index in [-0.39, 0.29) is 30.4 Å². The normalized spacial score (nSPS) is 13.1. The Labute approximate surface area is 225 Å². The number of carbonyl (C=O) groups excluding carboxylic acids is 2. The minimum atomic E-state index is -0.648. The van der Waals surface area contributed by atoms with E-state index in [9.17, 15) is 14.7 Å². The van der Waals surface area contributed by atoms with E-state index in [0.29, 0.717) is 29.1 Å². The maximum atomic E-state index is 13.0. The summed E-state index contributed by atoms with van der Waals surface area (Å²) in [6.07, 6.45) is 3.38. The second-order valence-corrected chi connectivity index (χ2v) is 9.07. The van der Waals surface area contributed by atoms with Crippen LogP contribution in [0.2, 0.25) is 0 Å². The molecule has 1 aliphatic rings. The molecule has 1 aliphatic heterocycles. The summed E-state index contributed by atoms with van der Waals surface area (Å²) in [4.78, 5) is 31.2. The average Bonchev–Trinajstić information content (AvgIpc) is 2.96. The second kappa shape index (κ2) is 11.5. The fourth-order valence-corrected chi connectivity index (χ4v) is 4.41. The minimum absolute atomic E-state index is 0.00674. The zero-order valence-corrected chi connectivity index (χ0v) is 21.0. The Hall–Kier alpha value is -5.18. The van der Waals surface area contributed by atoms with Gasteiger partial charge in [-0.1, -0.05) is 48.5 Å². The highest BCUT2D eigenvalue weighted by molar-refractivity contribution is 5.99. The third kappa shape index (κ3) is 6.04. The van der Waals surface area contributed by atoms with Gasteiger partial charge in [-0.05, 0) is 42.0 Å². The summed E-state index contributed by atoms with van der Waals surface area (Å²) < 4.78 is 5.51. The summed E-state index contributed by atoms with van der Waals surface area (Å²) in [5, 5.41) is 24.6. The third-order valence-corrected chi connectivity index (χ3v) is 6.40. The molecular weight excluding hydrogens is 494 g/mol. The van der Waals surface area contributed by atoms with Crippen molar-refractivity contribution in [2.75, 3.05) is 16.8 Å². The number of rotatable bonds is 8. The number of fused-ring (bicyclic) bond motifs is 1. The van der Waals surface area contributed by atoms with Gasteiger partial charge in [0.1, 0.15) is 11.5 Å². The summed E-state index contributed by atoms with van der Waals surface area (Å²) in [6, 6.07) is 23.8. The lowest BCUT2D eigenvalue weighted by Gasteiger charge is -2.29. The van der Waals surface area contributed by atoms with Crippen molar-refractivity contribution in [1.29, 1.82) is 5.41 Å². The number of hydrogen-bond acceptors (Lipinski definition) is 6. The minimum Gasteiger partial charge on any atom is -0.508 e. The Kier molecular flexibility index (Phi) is 7.49. The Balaban J connectivity index is 1.26. The number of nitrogens with one attached hydrogen (secondary N) is 3. The molecule has 39 heavy (non-hydrogen) atoms. The first-order valence-electron chi connectivity index (χ1n) is 12.4. The number of anilines is 2. The Morgan fingerprint density at radius 2 is 1.79 bits per heavy atom. The monoisotopic (exact) mass is 521 g/mol. The number of urea groups is 1. The molecule has 4 aromatic rings. The van der Waals surface area contributed by atoms with E-state index in [4.69, 9.17) is 10.1 Å². The van der Waals surface area contributed by atoms with Crippen LogP contribution in [0, 0.1) is 5.41 Å². The number of ether oxygens (including phenoxy) is 1. The van der Waals surface area contributed by atoms with E-state index in [1.54, 1.807) is 65.8 Å². The number of benzene rings is 3. The number of amides is 3. The predicted octanol–water partition coefficient (Wildman–Crippen LogP) is 5.03. The molecule has 0 saturated carbocycles. The molecule has 1 aromatic heterocycles. The number of carbonyl (C=O) groups is 2. The number of aromatic nitrogens is 1. The summed E-state index contributed by atoms with van der Waals surface area (Å²) in [5.41, 5.74) is 3.60. The van der Waals surface area contributed by atoms with Gasteiger partial charge in [0.25, 0.3) is 5.91 Å². The summed E-state index contributed by atoms with van der Waals surface area (Å²) >= 11 is 0. The van der Waals surface area contributed by atoms with Gasteiger partial charge in [0.2, 0.25) is 0 Å². The van der Waals surface area contributed by atoms with Crippen LogP contribution in [0.3, 0.4) is 0 Å². The van der Waals surface area contributed by atoms with Crippen molar-refractivity contribution in [2.24, 2.45) is 0 Å². The van der Waals surface area contributed by atoms with Gasteiger partial charge >= 0.3 is 6.03 Å². The highest BCUT2D eigenvalue weighted by Crippen LogP contribution is 2.33. The number of para-hydroxylation sites is 3. The fourth-order valence-electron chi connectivity index (χ4n) is 4.41. The van der Waals surface area contributed by atoms with Crippen LogP contribution in [0.1, 0.15) is 29.2 Å². The topological polar surface area (TPSA) is 128 Å². The largest absolute Gasteiger partial charge is 0.508 e. The van der Waals surface area contributed by atoms with E-state index in [1.165, 1.54) is 0 Å². The molecular formula is C30H27N5O4. The van der Waals surface area contributed by atoms with Crippen molar-refractivity contribution in [1.82, 2.24) is 10.3 Å². The van der Waals surface area contributed by atoms with Gasteiger partial charge in [0.15, 0.2) is 6.61 Å². The number of hydrogen-bond donors (Lipinski definition) is 4. The predicted molar refractivity (Wildman–Crippen MR) is 148 cm³/mol. The lowest BCUT2D eigenvalue weighted by atomic mass is 9.97. The van der Waals surface area contributed by atoms with Crippen LogP contribution in [0.15, 0.2) is 97.3 Å². The summed E-state index contributed by atoms with van der Waals surface area (Å²) in [7, 11) is 0. The molecule has 3 amide bonds. The van der Waals surface area contributed by atoms with Crippen LogP contribution < -0.4 is 20.3 Å². The van der Waals surface area contributed by atoms with Crippen LogP contribution >= 0.6 is 0 Å². The number of phenolic OH excluding ortho intramolecular Hbond substituents is 1. The molecule has 4 N–H and O–H groups in total. The Bertz CT molecular complexity index is 1490. The van der Waals surface area contributed by atoms with Gasteiger partial charge < -0.3 is 30.8 Å². The first-order valence-corrected chi connectivity index (χ1v) is 12.4. The molecule has 9 nitrogen and oxygen atoms in total. The molecule has 3 aromatic carbocycles. The average molecular weight is 522 g/mol. The molecule has 1 atom stereocenters. The number of pyridine rings is 1. The van der Waals surface area contributed by atoms with Gasteiger partial charge in [-0.3, -0.25) is 9.78 Å². The van der Waals surface area contributed by atoms with Crippen molar-refractivity contribution >= 4 is 29.0 Å². The Morgan fingerprint density at radius 1 is 1.03 bits per heavy atom. The van der Waals surface area contributed by atoms with Crippen LogP contribution in [0.25, 0.3) is 0 Å². The van der Waals surface area contributed by atoms with Crippen molar-refractivity contribution in [3.8, 4) is 11.5 Å².